The Balaban J connectivity index is 2.24. The number of rotatable bonds is 11. The molecule has 0 saturated heterocycles. The molecule has 0 atom stereocenters. The minimum Gasteiger partial charge on any atom is -0.311 e. The van der Waals surface area contributed by atoms with Crippen LogP contribution in [0.15, 0.2) is 40.0 Å². The molecule has 0 saturated carbocycles. The fourth-order valence-corrected chi connectivity index (χ4v) is 4.64. The third-order valence-electron chi connectivity index (χ3n) is 5.18. The van der Waals surface area contributed by atoms with Crippen molar-refractivity contribution in [2.45, 2.75) is 96.3 Å². The van der Waals surface area contributed by atoms with Crippen molar-refractivity contribution in [3.05, 3.63) is 52.2 Å². The molecule has 1 amide bonds. The number of unbranched alkanes of at least 4 members (excludes halogenated alkanes) is 4. The number of carbonyl (C=O) groups is 1. The third kappa shape index (κ3) is 8.12. The first-order valence-corrected chi connectivity index (χ1v) is 12.6. The van der Waals surface area contributed by atoms with Gasteiger partial charge in [0.2, 0.25) is 5.91 Å². The average Bonchev–Trinajstić information content (AvgIpc) is 2.72. The minimum atomic E-state index is -0.164. The summed E-state index contributed by atoms with van der Waals surface area (Å²) in [6.45, 7) is 13.2. The zero-order valence-corrected chi connectivity index (χ0v) is 21.4. The van der Waals surface area contributed by atoms with Gasteiger partial charge in [0.05, 0.1) is 0 Å². The number of hydrogen-bond acceptors (Lipinski definition) is 4. The zero-order valence-electron chi connectivity index (χ0n) is 20.6. The van der Waals surface area contributed by atoms with Crippen LogP contribution in [0.3, 0.4) is 0 Å². The van der Waals surface area contributed by atoms with Crippen molar-refractivity contribution in [1.29, 1.82) is 0 Å². The van der Waals surface area contributed by atoms with Crippen molar-refractivity contribution in [1.82, 2.24) is 9.55 Å². The quantitative estimate of drug-likeness (QED) is 0.306. The maximum atomic E-state index is 13.4. The van der Waals surface area contributed by atoms with E-state index in [4.69, 9.17) is 0 Å². The summed E-state index contributed by atoms with van der Waals surface area (Å²) in [5.74, 6) is 0.585. The molecule has 0 N–H and O–H groups in total. The fraction of sp³-hybridized carbons (Fsp3) is 0.577. The predicted octanol–water partition coefficient (Wildman–Crippen LogP) is 6.01. The van der Waals surface area contributed by atoms with E-state index >= 15 is 0 Å². The number of hydrogen-bond donors (Lipinski definition) is 0. The zero-order chi connectivity index (χ0) is 23.7. The highest BCUT2D eigenvalue weighted by Gasteiger charge is 2.19. The molecule has 2 rings (SSSR count). The number of benzene rings is 1. The Bertz CT molecular complexity index is 930. The number of carbonyl (C=O) groups excluding carboxylic acids is 1. The fourth-order valence-electron chi connectivity index (χ4n) is 3.66. The first kappa shape index (κ1) is 26.2. The second-order valence-electron chi connectivity index (χ2n) is 9.26. The molecule has 6 heteroatoms. The molecule has 0 aliphatic carbocycles. The van der Waals surface area contributed by atoms with Gasteiger partial charge in [0.25, 0.3) is 5.56 Å². The molecule has 2 aromatic rings. The summed E-state index contributed by atoms with van der Waals surface area (Å²) >= 11 is 1.81. The third-order valence-corrected chi connectivity index (χ3v) is 6.30. The molecule has 1 aromatic carbocycles. The molecule has 5 nitrogen and oxygen atoms in total. The van der Waals surface area contributed by atoms with Crippen molar-refractivity contribution < 1.29 is 4.79 Å². The molecule has 1 heterocycles. The van der Waals surface area contributed by atoms with Crippen molar-refractivity contribution in [2.24, 2.45) is 0 Å². The van der Waals surface area contributed by atoms with E-state index in [2.05, 4.69) is 44.8 Å². The van der Waals surface area contributed by atoms with Crippen LogP contribution in [0.2, 0.25) is 0 Å². The van der Waals surface area contributed by atoms with E-state index in [0.717, 1.165) is 18.5 Å². The number of amides is 1. The number of aromatic nitrogens is 2. The van der Waals surface area contributed by atoms with Crippen molar-refractivity contribution in [2.75, 3.05) is 11.4 Å². The molecule has 0 radical (unpaired) electrons. The van der Waals surface area contributed by atoms with Crippen molar-refractivity contribution in [3.8, 4) is 0 Å². The summed E-state index contributed by atoms with van der Waals surface area (Å²) in [4.78, 5) is 33.4. The topological polar surface area (TPSA) is 55.2 Å². The van der Waals surface area contributed by atoms with E-state index in [1.165, 1.54) is 34.8 Å². The van der Waals surface area contributed by atoms with Gasteiger partial charge in [-0.3, -0.25) is 14.2 Å². The van der Waals surface area contributed by atoms with E-state index in [1.54, 1.807) is 0 Å². The molecule has 0 fully saturated rings. The Kier molecular flexibility index (Phi) is 10.0. The van der Waals surface area contributed by atoms with E-state index in [0.29, 0.717) is 24.5 Å². The van der Waals surface area contributed by atoms with Gasteiger partial charge in [-0.15, -0.1) is 11.8 Å². The summed E-state index contributed by atoms with van der Waals surface area (Å²) in [6.07, 6.45) is 6.25. The number of aryl methyl sites for hydroxylation is 2. The maximum absolute atomic E-state index is 13.4. The maximum Gasteiger partial charge on any atom is 0.254 e. The molecule has 0 aliphatic rings. The largest absolute Gasteiger partial charge is 0.311 e. The van der Waals surface area contributed by atoms with Gasteiger partial charge in [-0.2, -0.15) is 0 Å². The van der Waals surface area contributed by atoms with Gasteiger partial charge >= 0.3 is 0 Å². The lowest BCUT2D eigenvalue weighted by molar-refractivity contribution is -0.119. The van der Waals surface area contributed by atoms with Crippen LogP contribution in [-0.2, 0) is 17.8 Å². The standard InChI is InChI=1S/C26H39N3O2S/c1-7-9-10-11-12-17-28(21-13-15-22(16-14-21)32-26(4,5)6)25(31)19-29-23(8-2)27-20(3)18-24(29)30/h13-16,18H,7-12,17,19H2,1-6H3. The number of anilines is 1. The smallest absolute Gasteiger partial charge is 0.254 e. The van der Waals surface area contributed by atoms with Crippen LogP contribution >= 0.6 is 11.8 Å². The molecule has 0 unspecified atom stereocenters. The van der Waals surface area contributed by atoms with Gasteiger partial charge < -0.3 is 4.90 Å². The lowest BCUT2D eigenvalue weighted by atomic mass is 10.1. The first-order valence-electron chi connectivity index (χ1n) is 11.8. The van der Waals surface area contributed by atoms with Gasteiger partial charge in [-0.05, 0) is 37.6 Å². The van der Waals surface area contributed by atoms with Crippen LogP contribution in [0.1, 0.15) is 78.2 Å². The Morgan fingerprint density at radius 3 is 2.31 bits per heavy atom. The molecule has 0 bridgehead atoms. The minimum absolute atomic E-state index is 0.0166. The normalized spacial score (nSPS) is 11.6. The summed E-state index contributed by atoms with van der Waals surface area (Å²) in [5.41, 5.74) is 1.41. The second kappa shape index (κ2) is 12.2. The molecule has 0 aliphatic heterocycles. The lowest BCUT2D eigenvalue weighted by Gasteiger charge is -2.25. The Morgan fingerprint density at radius 1 is 1.06 bits per heavy atom. The molecule has 32 heavy (non-hydrogen) atoms. The Labute approximate surface area is 197 Å². The first-order chi connectivity index (χ1) is 15.1. The highest BCUT2D eigenvalue weighted by molar-refractivity contribution is 8.00. The molecule has 1 aromatic heterocycles. The average molecular weight is 458 g/mol. The molecular weight excluding hydrogens is 418 g/mol. The highest BCUT2D eigenvalue weighted by Crippen LogP contribution is 2.33. The van der Waals surface area contributed by atoms with Gasteiger partial charge in [-0.25, -0.2) is 4.98 Å². The summed E-state index contributed by atoms with van der Waals surface area (Å²) in [5, 5.41) is 0. The summed E-state index contributed by atoms with van der Waals surface area (Å²) < 4.78 is 1.65. The number of nitrogens with zero attached hydrogens (tertiary/aromatic N) is 3. The van der Waals surface area contributed by atoms with Crippen LogP contribution < -0.4 is 10.5 Å². The van der Waals surface area contributed by atoms with E-state index < -0.39 is 0 Å². The van der Waals surface area contributed by atoms with Crippen molar-refractivity contribution in [3.63, 3.8) is 0 Å². The lowest BCUT2D eigenvalue weighted by Crippen LogP contribution is -2.38. The van der Waals surface area contributed by atoms with Crippen LogP contribution in [0.4, 0.5) is 5.69 Å². The molecular formula is C26H39N3O2S. The molecule has 0 spiro atoms. The molecule has 176 valence electrons. The van der Waals surface area contributed by atoms with Crippen LogP contribution in [0.25, 0.3) is 0 Å². The van der Waals surface area contributed by atoms with Crippen LogP contribution in [-0.4, -0.2) is 26.8 Å². The summed E-state index contributed by atoms with van der Waals surface area (Å²) in [6, 6.07) is 9.71. The van der Waals surface area contributed by atoms with Gasteiger partial charge in [-0.1, -0.05) is 60.3 Å². The number of thioether (sulfide) groups is 1. The predicted molar refractivity (Wildman–Crippen MR) is 136 cm³/mol. The van der Waals surface area contributed by atoms with Gasteiger partial charge in [0.15, 0.2) is 0 Å². The Morgan fingerprint density at radius 2 is 1.72 bits per heavy atom. The highest BCUT2D eigenvalue weighted by atomic mass is 32.2. The van der Waals surface area contributed by atoms with Crippen molar-refractivity contribution >= 4 is 23.4 Å². The van der Waals surface area contributed by atoms with E-state index in [1.807, 2.05) is 42.6 Å². The second-order valence-corrected chi connectivity index (χ2v) is 11.2. The Hall–Kier alpha value is -2.08. The van der Waals surface area contributed by atoms with Gasteiger partial charge in [0.1, 0.15) is 12.4 Å². The van der Waals surface area contributed by atoms with Crippen LogP contribution in [0, 0.1) is 6.92 Å². The monoisotopic (exact) mass is 457 g/mol. The van der Waals surface area contributed by atoms with Gasteiger partial charge in [0, 0.05) is 40.1 Å². The van der Waals surface area contributed by atoms with Crippen LogP contribution in [0.5, 0.6) is 0 Å². The van der Waals surface area contributed by atoms with E-state index in [9.17, 15) is 9.59 Å². The van der Waals surface area contributed by atoms with E-state index in [-0.39, 0.29) is 22.8 Å². The SMILES string of the molecule is CCCCCCCN(C(=O)Cn1c(CC)nc(C)cc1=O)c1ccc(SC(C)(C)C)cc1. The summed E-state index contributed by atoms with van der Waals surface area (Å²) in [7, 11) is 0.